The fraction of sp³-hybridized carbons (Fsp3) is 0.286. The average Bonchev–Trinajstić information content (AvgIpc) is 2.69. The molecule has 2 rings (SSSR count). The lowest BCUT2D eigenvalue weighted by molar-refractivity contribution is 0.126. The Morgan fingerprint density at radius 1 is 1.32 bits per heavy atom. The summed E-state index contributed by atoms with van der Waals surface area (Å²) in [5.41, 5.74) is 7.64. The van der Waals surface area contributed by atoms with Crippen molar-refractivity contribution in [2.24, 2.45) is 10.9 Å². The van der Waals surface area contributed by atoms with Crippen LogP contribution >= 0.6 is 0 Å². The molecule has 0 radical (unpaired) electrons. The summed E-state index contributed by atoms with van der Waals surface area (Å²) >= 11 is 0. The van der Waals surface area contributed by atoms with E-state index in [2.05, 4.69) is 10.1 Å². The molecule has 0 fully saturated rings. The van der Waals surface area contributed by atoms with Crippen molar-refractivity contribution in [3.05, 3.63) is 53.2 Å². The van der Waals surface area contributed by atoms with Gasteiger partial charge in [-0.2, -0.15) is 0 Å². The van der Waals surface area contributed by atoms with Gasteiger partial charge in [-0.05, 0) is 12.5 Å². The molecule has 2 aromatic rings. The molecule has 0 spiro atoms. The number of oxazole rings is 1. The molecule has 1 heterocycles. The molecule has 0 aliphatic carbocycles. The highest BCUT2D eigenvalue weighted by atomic mass is 16.6. The van der Waals surface area contributed by atoms with Crippen LogP contribution < -0.4 is 5.73 Å². The van der Waals surface area contributed by atoms with Crippen LogP contribution in [0.25, 0.3) is 0 Å². The van der Waals surface area contributed by atoms with Crippen LogP contribution in [0.1, 0.15) is 22.9 Å². The van der Waals surface area contributed by atoms with E-state index in [9.17, 15) is 0 Å². The molecule has 0 aliphatic rings. The molecule has 0 amide bonds. The smallest absolute Gasteiger partial charge is 0.191 e. The number of rotatable bonds is 5. The third-order valence-corrected chi connectivity index (χ3v) is 2.61. The molecule has 0 bridgehead atoms. The second-order valence-corrected chi connectivity index (χ2v) is 4.25. The molecule has 2 N–H and O–H groups in total. The number of oxime groups is 1. The molecule has 1 aromatic heterocycles. The minimum Gasteiger partial charge on any atom is -0.446 e. The maximum Gasteiger partial charge on any atom is 0.191 e. The monoisotopic (exact) mass is 259 g/mol. The van der Waals surface area contributed by atoms with Gasteiger partial charge in [0.25, 0.3) is 0 Å². The maximum atomic E-state index is 5.79. The van der Waals surface area contributed by atoms with E-state index in [-0.39, 0.29) is 6.61 Å². The predicted molar refractivity (Wildman–Crippen MR) is 72.5 cm³/mol. The van der Waals surface area contributed by atoms with Gasteiger partial charge in [0.2, 0.25) is 0 Å². The Balaban J connectivity index is 1.87. The minimum absolute atomic E-state index is 0.263. The topological polar surface area (TPSA) is 73.6 Å². The van der Waals surface area contributed by atoms with Crippen molar-refractivity contribution in [2.75, 3.05) is 0 Å². The van der Waals surface area contributed by atoms with Crippen LogP contribution in [0.15, 0.2) is 39.9 Å². The predicted octanol–water partition coefficient (Wildman–Crippen LogP) is 2.32. The number of aromatic nitrogens is 1. The standard InChI is InChI=1S/C14H17N3O2/c1-10-13(16-11(2)19-10)9-18-17-14(15)8-12-6-4-3-5-7-12/h3-7H,8-9H2,1-2H3,(H2,15,17). The lowest BCUT2D eigenvalue weighted by atomic mass is 10.1. The van der Waals surface area contributed by atoms with Crippen molar-refractivity contribution >= 4 is 5.84 Å². The van der Waals surface area contributed by atoms with Crippen molar-refractivity contribution < 1.29 is 9.25 Å². The highest BCUT2D eigenvalue weighted by Crippen LogP contribution is 2.10. The van der Waals surface area contributed by atoms with Gasteiger partial charge in [-0.1, -0.05) is 35.5 Å². The summed E-state index contributed by atoms with van der Waals surface area (Å²) in [5.74, 6) is 1.80. The van der Waals surface area contributed by atoms with Crippen molar-refractivity contribution in [3.8, 4) is 0 Å². The summed E-state index contributed by atoms with van der Waals surface area (Å²) in [6.45, 7) is 3.90. The molecule has 0 aliphatic heterocycles. The van der Waals surface area contributed by atoms with Gasteiger partial charge in [0.1, 0.15) is 17.3 Å². The highest BCUT2D eigenvalue weighted by Gasteiger charge is 2.06. The van der Waals surface area contributed by atoms with Gasteiger partial charge >= 0.3 is 0 Å². The Hall–Kier alpha value is -2.30. The number of hydrogen-bond donors (Lipinski definition) is 1. The molecule has 0 saturated carbocycles. The fourth-order valence-corrected chi connectivity index (χ4v) is 1.72. The first kappa shape index (κ1) is 13.1. The van der Waals surface area contributed by atoms with E-state index in [4.69, 9.17) is 15.0 Å². The van der Waals surface area contributed by atoms with Crippen molar-refractivity contribution in [1.82, 2.24) is 4.98 Å². The zero-order chi connectivity index (χ0) is 13.7. The molecule has 0 atom stereocenters. The van der Waals surface area contributed by atoms with Crippen molar-refractivity contribution in [3.63, 3.8) is 0 Å². The second kappa shape index (κ2) is 6.04. The summed E-state index contributed by atoms with van der Waals surface area (Å²) in [6.07, 6.45) is 0.567. The van der Waals surface area contributed by atoms with E-state index in [0.717, 1.165) is 17.0 Å². The zero-order valence-corrected chi connectivity index (χ0v) is 11.1. The lowest BCUT2D eigenvalue weighted by Crippen LogP contribution is -2.15. The van der Waals surface area contributed by atoms with Gasteiger partial charge in [-0.3, -0.25) is 0 Å². The first-order valence-corrected chi connectivity index (χ1v) is 6.06. The number of benzene rings is 1. The molecule has 0 saturated heterocycles. The molecule has 5 heteroatoms. The zero-order valence-electron chi connectivity index (χ0n) is 11.1. The first-order chi connectivity index (χ1) is 9.15. The molecular formula is C14H17N3O2. The van der Waals surface area contributed by atoms with Crippen LogP contribution in [-0.4, -0.2) is 10.8 Å². The van der Waals surface area contributed by atoms with Crippen LogP contribution in [-0.2, 0) is 17.9 Å². The van der Waals surface area contributed by atoms with Crippen LogP contribution in [0.2, 0.25) is 0 Å². The number of nitrogens with two attached hydrogens (primary N) is 1. The van der Waals surface area contributed by atoms with E-state index in [1.807, 2.05) is 37.3 Å². The van der Waals surface area contributed by atoms with Gasteiger partial charge in [0.05, 0.1) is 0 Å². The SMILES string of the molecule is Cc1nc(CO/N=C(\N)Cc2ccccc2)c(C)o1. The van der Waals surface area contributed by atoms with E-state index in [0.29, 0.717) is 18.1 Å². The van der Waals surface area contributed by atoms with E-state index < -0.39 is 0 Å². The second-order valence-electron chi connectivity index (χ2n) is 4.25. The fourth-order valence-electron chi connectivity index (χ4n) is 1.72. The quantitative estimate of drug-likeness (QED) is 0.508. The summed E-state index contributed by atoms with van der Waals surface area (Å²) in [5, 5.41) is 3.88. The van der Waals surface area contributed by atoms with E-state index in [1.54, 1.807) is 6.92 Å². The summed E-state index contributed by atoms with van der Waals surface area (Å²) < 4.78 is 5.30. The summed E-state index contributed by atoms with van der Waals surface area (Å²) in [7, 11) is 0. The van der Waals surface area contributed by atoms with Crippen LogP contribution in [0.4, 0.5) is 0 Å². The van der Waals surface area contributed by atoms with E-state index >= 15 is 0 Å². The maximum absolute atomic E-state index is 5.79. The van der Waals surface area contributed by atoms with Crippen molar-refractivity contribution in [2.45, 2.75) is 26.9 Å². The summed E-state index contributed by atoms with van der Waals surface area (Å²) in [4.78, 5) is 9.38. The van der Waals surface area contributed by atoms with Gasteiger partial charge in [-0.15, -0.1) is 0 Å². The Bertz CT molecular complexity index is 561. The molecule has 100 valence electrons. The first-order valence-electron chi connectivity index (χ1n) is 6.06. The molecule has 5 nitrogen and oxygen atoms in total. The average molecular weight is 259 g/mol. The van der Waals surface area contributed by atoms with Gasteiger partial charge in [-0.25, -0.2) is 4.98 Å². The Kier molecular flexibility index (Phi) is 4.18. The number of aryl methyl sites for hydroxylation is 2. The third kappa shape index (κ3) is 3.84. The van der Waals surface area contributed by atoms with Crippen LogP contribution in [0, 0.1) is 13.8 Å². The van der Waals surface area contributed by atoms with Gasteiger partial charge < -0.3 is 15.0 Å². The minimum atomic E-state index is 0.263. The van der Waals surface area contributed by atoms with Crippen LogP contribution in [0.5, 0.6) is 0 Å². The number of hydrogen-bond acceptors (Lipinski definition) is 4. The molecule has 1 aromatic carbocycles. The van der Waals surface area contributed by atoms with Crippen LogP contribution in [0.3, 0.4) is 0 Å². The largest absolute Gasteiger partial charge is 0.446 e. The van der Waals surface area contributed by atoms with E-state index in [1.165, 1.54) is 0 Å². The van der Waals surface area contributed by atoms with Crippen molar-refractivity contribution in [1.29, 1.82) is 0 Å². The molecular weight excluding hydrogens is 242 g/mol. The normalized spacial score (nSPS) is 11.6. The Labute approximate surface area is 112 Å². The summed E-state index contributed by atoms with van der Waals surface area (Å²) in [6, 6.07) is 9.88. The number of amidine groups is 1. The Morgan fingerprint density at radius 3 is 2.68 bits per heavy atom. The third-order valence-electron chi connectivity index (χ3n) is 2.61. The number of nitrogens with zero attached hydrogens (tertiary/aromatic N) is 2. The Morgan fingerprint density at radius 2 is 2.05 bits per heavy atom. The molecule has 19 heavy (non-hydrogen) atoms. The molecule has 0 unspecified atom stereocenters. The lowest BCUT2D eigenvalue weighted by Gasteiger charge is -2.01. The highest BCUT2D eigenvalue weighted by molar-refractivity contribution is 5.82. The van der Waals surface area contributed by atoms with Gasteiger partial charge in [0, 0.05) is 13.3 Å². The van der Waals surface area contributed by atoms with Gasteiger partial charge in [0.15, 0.2) is 12.5 Å².